The SMILES string of the molecule is CNc1ccc([N+](=O)[O-])cc1CN1C(=O)COCC1=O. The minimum atomic E-state index is -0.522. The molecule has 8 nitrogen and oxygen atoms in total. The summed E-state index contributed by atoms with van der Waals surface area (Å²) >= 11 is 0. The molecule has 1 aliphatic heterocycles. The quantitative estimate of drug-likeness (QED) is 0.490. The van der Waals surface area contributed by atoms with E-state index in [4.69, 9.17) is 4.74 Å². The standard InChI is InChI=1S/C12H13N3O5/c1-13-10-3-2-9(15(18)19)4-8(10)5-14-11(16)6-20-7-12(14)17/h2-4,13H,5-7H2,1H3. The van der Waals surface area contributed by atoms with E-state index in [1.165, 1.54) is 12.1 Å². The van der Waals surface area contributed by atoms with Crippen LogP contribution in [0.1, 0.15) is 5.56 Å². The van der Waals surface area contributed by atoms with Crippen LogP contribution in [0.5, 0.6) is 0 Å². The molecule has 0 saturated carbocycles. The number of amides is 2. The highest BCUT2D eigenvalue weighted by atomic mass is 16.6. The Hall–Kier alpha value is -2.48. The summed E-state index contributed by atoms with van der Waals surface area (Å²) in [5, 5.41) is 13.7. The molecule has 1 heterocycles. The van der Waals surface area contributed by atoms with E-state index < -0.39 is 16.7 Å². The van der Waals surface area contributed by atoms with E-state index in [1.54, 1.807) is 13.1 Å². The number of carbonyl (C=O) groups is 2. The molecular formula is C12H13N3O5. The molecule has 0 aromatic heterocycles. The Morgan fingerprint density at radius 3 is 2.55 bits per heavy atom. The summed E-state index contributed by atoms with van der Waals surface area (Å²) < 4.78 is 4.82. The van der Waals surface area contributed by atoms with Gasteiger partial charge in [-0.25, -0.2) is 0 Å². The highest BCUT2D eigenvalue weighted by molar-refractivity contribution is 5.98. The van der Waals surface area contributed by atoms with Crippen LogP contribution < -0.4 is 5.32 Å². The molecule has 20 heavy (non-hydrogen) atoms. The molecule has 0 unspecified atom stereocenters. The Morgan fingerprint density at radius 1 is 1.35 bits per heavy atom. The molecule has 106 valence electrons. The zero-order chi connectivity index (χ0) is 14.7. The first-order chi connectivity index (χ1) is 9.52. The van der Waals surface area contributed by atoms with Gasteiger partial charge in [-0.15, -0.1) is 0 Å². The molecule has 8 heteroatoms. The second-order valence-electron chi connectivity index (χ2n) is 4.21. The first-order valence-electron chi connectivity index (χ1n) is 5.89. The van der Waals surface area contributed by atoms with Crippen LogP contribution in [0.4, 0.5) is 11.4 Å². The first kappa shape index (κ1) is 13.9. The minimum absolute atomic E-state index is 0.0150. The molecule has 0 spiro atoms. The zero-order valence-electron chi connectivity index (χ0n) is 10.8. The third kappa shape index (κ3) is 2.75. The summed E-state index contributed by atoms with van der Waals surface area (Å²) in [6, 6.07) is 4.25. The van der Waals surface area contributed by atoms with Crippen molar-refractivity contribution in [3.63, 3.8) is 0 Å². The maximum Gasteiger partial charge on any atom is 0.269 e. The minimum Gasteiger partial charge on any atom is -0.388 e. The molecule has 1 aliphatic rings. The van der Waals surface area contributed by atoms with Crippen molar-refractivity contribution in [1.29, 1.82) is 0 Å². The largest absolute Gasteiger partial charge is 0.388 e. The van der Waals surface area contributed by atoms with Crippen molar-refractivity contribution in [3.8, 4) is 0 Å². The third-order valence-corrected chi connectivity index (χ3v) is 2.95. The zero-order valence-corrected chi connectivity index (χ0v) is 10.8. The van der Waals surface area contributed by atoms with Crippen LogP contribution >= 0.6 is 0 Å². The topological polar surface area (TPSA) is 102 Å². The Labute approximate surface area is 114 Å². The molecule has 0 bridgehead atoms. The number of hydrogen-bond acceptors (Lipinski definition) is 6. The molecule has 0 atom stereocenters. The molecular weight excluding hydrogens is 266 g/mol. The lowest BCUT2D eigenvalue weighted by Crippen LogP contribution is -2.45. The number of non-ortho nitro benzene ring substituents is 1. The van der Waals surface area contributed by atoms with Gasteiger partial charge in [0.2, 0.25) is 0 Å². The summed E-state index contributed by atoms with van der Waals surface area (Å²) in [6.07, 6.45) is 0. The predicted octanol–water partition coefficient (Wildman–Crippen LogP) is 0.522. The number of ether oxygens (including phenoxy) is 1. The lowest BCUT2D eigenvalue weighted by Gasteiger charge is -2.25. The second kappa shape index (κ2) is 5.66. The van der Waals surface area contributed by atoms with E-state index in [0.717, 1.165) is 4.90 Å². The average Bonchev–Trinajstić information content (AvgIpc) is 2.42. The van der Waals surface area contributed by atoms with Gasteiger partial charge < -0.3 is 10.1 Å². The number of hydrogen-bond donors (Lipinski definition) is 1. The Morgan fingerprint density at radius 2 is 2.00 bits per heavy atom. The fourth-order valence-corrected chi connectivity index (χ4v) is 1.94. The summed E-state index contributed by atoms with van der Waals surface area (Å²) in [5.41, 5.74) is 1.04. The van der Waals surface area contributed by atoms with Crippen LogP contribution in [0.2, 0.25) is 0 Å². The van der Waals surface area contributed by atoms with Crippen molar-refractivity contribution in [2.75, 3.05) is 25.6 Å². The van der Waals surface area contributed by atoms with Crippen LogP contribution in [0.15, 0.2) is 18.2 Å². The highest BCUT2D eigenvalue weighted by Gasteiger charge is 2.27. The monoisotopic (exact) mass is 279 g/mol. The van der Waals surface area contributed by atoms with Crippen LogP contribution in [0.3, 0.4) is 0 Å². The van der Waals surface area contributed by atoms with E-state index in [2.05, 4.69) is 5.32 Å². The van der Waals surface area contributed by atoms with Crippen molar-refractivity contribution >= 4 is 23.2 Å². The van der Waals surface area contributed by atoms with Gasteiger partial charge in [0, 0.05) is 30.4 Å². The van der Waals surface area contributed by atoms with Crippen LogP contribution in [-0.4, -0.2) is 41.9 Å². The summed E-state index contributed by atoms with van der Waals surface area (Å²) in [5.74, 6) is -0.899. The lowest BCUT2D eigenvalue weighted by molar-refractivity contribution is -0.384. The average molecular weight is 279 g/mol. The molecule has 2 amide bonds. The van der Waals surface area contributed by atoms with E-state index in [-0.39, 0.29) is 25.4 Å². The lowest BCUT2D eigenvalue weighted by atomic mass is 10.1. The van der Waals surface area contributed by atoms with Gasteiger partial charge in [0.05, 0.1) is 11.5 Å². The number of nitrogens with one attached hydrogen (secondary N) is 1. The van der Waals surface area contributed by atoms with E-state index >= 15 is 0 Å². The van der Waals surface area contributed by atoms with E-state index in [9.17, 15) is 19.7 Å². The maximum atomic E-state index is 11.7. The van der Waals surface area contributed by atoms with Gasteiger partial charge in [-0.3, -0.25) is 24.6 Å². The number of nitro groups is 1. The number of nitrogens with zero attached hydrogens (tertiary/aromatic N) is 2. The fourth-order valence-electron chi connectivity index (χ4n) is 1.94. The van der Waals surface area contributed by atoms with Gasteiger partial charge in [0.1, 0.15) is 13.2 Å². The summed E-state index contributed by atoms with van der Waals surface area (Å²) in [6.45, 7) is -0.329. The van der Waals surface area contributed by atoms with Gasteiger partial charge >= 0.3 is 0 Å². The summed E-state index contributed by atoms with van der Waals surface area (Å²) in [4.78, 5) is 34.6. The van der Waals surface area contributed by atoms with Crippen molar-refractivity contribution in [2.45, 2.75) is 6.54 Å². The van der Waals surface area contributed by atoms with Crippen molar-refractivity contribution in [3.05, 3.63) is 33.9 Å². The number of morpholine rings is 1. The molecule has 2 rings (SSSR count). The maximum absolute atomic E-state index is 11.7. The smallest absolute Gasteiger partial charge is 0.269 e. The fraction of sp³-hybridized carbons (Fsp3) is 0.333. The van der Waals surface area contributed by atoms with Crippen molar-refractivity contribution < 1.29 is 19.2 Å². The Bertz CT molecular complexity index is 556. The number of carbonyl (C=O) groups excluding carboxylic acids is 2. The molecule has 1 aromatic carbocycles. The number of rotatable bonds is 4. The number of nitro benzene ring substituents is 1. The second-order valence-corrected chi connectivity index (χ2v) is 4.21. The highest BCUT2D eigenvalue weighted by Crippen LogP contribution is 2.23. The van der Waals surface area contributed by atoms with Crippen LogP contribution in [0, 0.1) is 10.1 Å². The van der Waals surface area contributed by atoms with Gasteiger partial charge in [0.25, 0.3) is 17.5 Å². The molecule has 1 aromatic rings. The van der Waals surface area contributed by atoms with Crippen molar-refractivity contribution in [1.82, 2.24) is 4.90 Å². The van der Waals surface area contributed by atoms with E-state index in [0.29, 0.717) is 11.3 Å². The van der Waals surface area contributed by atoms with Gasteiger partial charge in [-0.05, 0) is 6.07 Å². The molecule has 1 fully saturated rings. The number of benzene rings is 1. The van der Waals surface area contributed by atoms with Gasteiger partial charge in [-0.1, -0.05) is 0 Å². The Balaban J connectivity index is 2.31. The number of imide groups is 1. The normalized spacial score (nSPS) is 15.3. The van der Waals surface area contributed by atoms with Crippen LogP contribution in [-0.2, 0) is 20.9 Å². The molecule has 0 aliphatic carbocycles. The molecule has 1 N–H and O–H groups in total. The van der Waals surface area contributed by atoms with E-state index in [1.807, 2.05) is 0 Å². The Kier molecular flexibility index (Phi) is 3.94. The van der Waals surface area contributed by atoms with Crippen molar-refractivity contribution in [2.24, 2.45) is 0 Å². The van der Waals surface area contributed by atoms with Gasteiger partial charge in [-0.2, -0.15) is 0 Å². The molecule has 1 saturated heterocycles. The summed E-state index contributed by atoms with van der Waals surface area (Å²) in [7, 11) is 1.66. The van der Waals surface area contributed by atoms with Crippen LogP contribution in [0.25, 0.3) is 0 Å². The first-order valence-corrected chi connectivity index (χ1v) is 5.89. The third-order valence-electron chi connectivity index (χ3n) is 2.95. The molecule has 0 radical (unpaired) electrons. The predicted molar refractivity (Wildman–Crippen MR) is 69.0 cm³/mol. The number of anilines is 1. The van der Waals surface area contributed by atoms with Gasteiger partial charge in [0.15, 0.2) is 0 Å².